The molecule has 0 aliphatic carbocycles. The molecular formula is C18H22FN3O2S. The summed E-state index contributed by atoms with van der Waals surface area (Å²) in [5, 5.41) is 11.8. The summed E-state index contributed by atoms with van der Waals surface area (Å²) in [5.74, 6) is -1.05. The first-order chi connectivity index (χ1) is 12.0. The molecule has 134 valence electrons. The van der Waals surface area contributed by atoms with E-state index in [-0.39, 0.29) is 18.4 Å². The van der Waals surface area contributed by atoms with Crippen LogP contribution in [0.4, 0.5) is 9.52 Å². The largest absolute Gasteiger partial charge is 0.480 e. The summed E-state index contributed by atoms with van der Waals surface area (Å²) in [6.45, 7) is 1.79. The smallest absolute Gasteiger partial charge is 0.317 e. The van der Waals surface area contributed by atoms with Crippen molar-refractivity contribution < 1.29 is 14.3 Å². The number of thiazole rings is 1. The summed E-state index contributed by atoms with van der Waals surface area (Å²) in [5.41, 5.74) is 1.20. The SMILES string of the molecule is CN(CC(=O)O)C1CCCN(c2nc(-c3ccccc3F)cs2)CC1. The number of rotatable bonds is 5. The van der Waals surface area contributed by atoms with Gasteiger partial charge in [-0.25, -0.2) is 9.37 Å². The molecule has 2 aromatic rings. The van der Waals surface area contributed by atoms with Crippen LogP contribution in [0.15, 0.2) is 29.6 Å². The molecule has 1 aliphatic rings. The van der Waals surface area contributed by atoms with Gasteiger partial charge in [0, 0.05) is 30.1 Å². The highest BCUT2D eigenvalue weighted by molar-refractivity contribution is 7.14. The van der Waals surface area contributed by atoms with Crippen molar-refractivity contribution in [2.45, 2.75) is 25.3 Å². The average Bonchev–Trinajstić information content (AvgIpc) is 2.92. The van der Waals surface area contributed by atoms with Gasteiger partial charge in [0.15, 0.2) is 5.13 Å². The summed E-state index contributed by atoms with van der Waals surface area (Å²) in [6.07, 6.45) is 2.87. The summed E-state index contributed by atoms with van der Waals surface area (Å²) >= 11 is 1.53. The first kappa shape index (κ1) is 17.8. The van der Waals surface area contributed by atoms with Crippen LogP contribution in [0.1, 0.15) is 19.3 Å². The van der Waals surface area contributed by atoms with Gasteiger partial charge < -0.3 is 10.0 Å². The predicted molar refractivity (Wildman–Crippen MR) is 97.6 cm³/mol. The number of carboxylic acids is 1. The molecule has 5 nitrogen and oxygen atoms in total. The first-order valence-electron chi connectivity index (χ1n) is 8.42. The van der Waals surface area contributed by atoms with Gasteiger partial charge in [0.2, 0.25) is 0 Å². The van der Waals surface area contributed by atoms with Crippen LogP contribution in [0.5, 0.6) is 0 Å². The minimum Gasteiger partial charge on any atom is -0.480 e. The van der Waals surface area contributed by atoms with Gasteiger partial charge in [-0.3, -0.25) is 9.69 Å². The zero-order valence-electron chi connectivity index (χ0n) is 14.2. The van der Waals surface area contributed by atoms with Crippen LogP contribution >= 0.6 is 11.3 Å². The minimum absolute atomic E-state index is 0.0688. The lowest BCUT2D eigenvalue weighted by molar-refractivity contribution is -0.138. The quantitative estimate of drug-likeness (QED) is 0.883. The Hall–Kier alpha value is -1.99. The summed E-state index contributed by atoms with van der Waals surface area (Å²) < 4.78 is 13.9. The average molecular weight is 363 g/mol. The van der Waals surface area contributed by atoms with Gasteiger partial charge in [-0.1, -0.05) is 12.1 Å². The van der Waals surface area contributed by atoms with Gasteiger partial charge in [-0.15, -0.1) is 11.3 Å². The van der Waals surface area contributed by atoms with Crippen LogP contribution in [0.25, 0.3) is 11.3 Å². The Morgan fingerprint density at radius 2 is 2.20 bits per heavy atom. The van der Waals surface area contributed by atoms with Crippen molar-refractivity contribution in [3.8, 4) is 11.3 Å². The van der Waals surface area contributed by atoms with Crippen LogP contribution in [-0.4, -0.2) is 53.7 Å². The molecule has 0 radical (unpaired) electrons. The molecule has 1 unspecified atom stereocenters. The third kappa shape index (κ3) is 4.35. The minimum atomic E-state index is -0.793. The predicted octanol–water partition coefficient (Wildman–Crippen LogP) is 3.32. The Kier molecular flexibility index (Phi) is 5.65. The number of halogens is 1. The van der Waals surface area contributed by atoms with Gasteiger partial charge in [0.1, 0.15) is 5.82 Å². The molecule has 2 heterocycles. The van der Waals surface area contributed by atoms with E-state index in [2.05, 4.69) is 9.88 Å². The fourth-order valence-corrected chi connectivity index (χ4v) is 4.13. The Morgan fingerprint density at radius 3 is 2.96 bits per heavy atom. The summed E-state index contributed by atoms with van der Waals surface area (Å²) in [7, 11) is 1.87. The van der Waals surface area contributed by atoms with Crippen molar-refractivity contribution >= 4 is 22.4 Å². The molecule has 3 rings (SSSR count). The second-order valence-corrected chi connectivity index (χ2v) is 7.21. The standard InChI is InChI=1S/C18H22FN3O2S/c1-21(11-17(23)24)13-5-4-9-22(10-8-13)18-20-16(12-25-18)14-6-2-3-7-15(14)19/h2-3,6-7,12-13H,4-5,8-11H2,1H3,(H,23,24). The number of anilines is 1. The van der Waals surface area contributed by atoms with Crippen LogP contribution in [0.2, 0.25) is 0 Å². The van der Waals surface area contributed by atoms with E-state index in [0.717, 1.165) is 37.5 Å². The van der Waals surface area contributed by atoms with Crippen molar-refractivity contribution in [2.75, 3.05) is 31.6 Å². The lowest BCUT2D eigenvalue weighted by Crippen LogP contribution is -2.36. The highest BCUT2D eigenvalue weighted by Crippen LogP contribution is 2.30. The van der Waals surface area contributed by atoms with Gasteiger partial charge in [-0.05, 0) is 38.4 Å². The lowest BCUT2D eigenvalue weighted by atomic mass is 10.1. The van der Waals surface area contributed by atoms with Crippen molar-refractivity contribution in [3.63, 3.8) is 0 Å². The highest BCUT2D eigenvalue weighted by Gasteiger charge is 2.23. The molecule has 1 atom stereocenters. The van der Waals surface area contributed by atoms with Gasteiger partial charge in [0.25, 0.3) is 0 Å². The third-order valence-corrected chi connectivity index (χ3v) is 5.52. The van der Waals surface area contributed by atoms with E-state index in [1.165, 1.54) is 17.4 Å². The van der Waals surface area contributed by atoms with Crippen molar-refractivity contribution in [1.29, 1.82) is 0 Å². The molecular weight excluding hydrogens is 341 g/mol. The second-order valence-electron chi connectivity index (χ2n) is 6.38. The maximum Gasteiger partial charge on any atom is 0.317 e. The molecule has 1 fully saturated rings. The van der Waals surface area contributed by atoms with Crippen molar-refractivity contribution in [1.82, 2.24) is 9.88 Å². The molecule has 1 N–H and O–H groups in total. The number of carbonyl (C=O) groups is 1. The molecule has 1 aromatic carbocycles. The molecule has 0 spiro atoms. The Bertz CT molecular complexity index is 737. The van der Waals surface area contributed by atoms with E-state index < -0.39 is 5.97 Å². The number of hydrogen-bond donors (Lipinski definition) is 1. The van der Waals surface area contributed by atoms with E-state index >= 15 is 0 Å². The molecule has 0 saturated carbocycles. The van der Waals surface area contributed by atoms with E-state index in [9.17, 15) is 9.18 Å². The normalized spacial score (nSPS) is 18.4. The molecule has 1 saturated heterocycles. The summed E-state index contributed by atoms with van der Waals surface area (Å²) in [4.78, 5) is 19.7. The molecule has 7 heteroatoms. The Labute approximate surface area is 150 Å². The fourth-order valence-electron chi connectivity index (χ4n) is 3.26. The van der Waals surface area contributed by atoms with E-state index in [4.69, 9.17) is 5.11 Å². The van der Waals surface area contributed by atoms with E-state index in [0.29, 0.717) is 11.3 Å². The number of hydrogen-bond acceptors (Lipinski definition) is 5. The maximum atomic E-state index is 13.9. The van der Waals surface area contributed by atoms with Crippen LogP contribution in [-0.2, 0) is 4.79 Å². The molecule has 0 amide bonds. The zero-order valence-corrected chi connectivity index (χ0v) is 15.0. The van der Waals surface area contributed by atoms with Gasteiger partial charge in [-0.2, -0.15) is 0 Å². The fraction of sp³-hybridized carbons (Fsp3) is 0.444. The lowest BCUT2D eigenvalue weighted by Gasteiger charge is -2.25. The zero-order chi connectivity index (χ0) is 17.8. The molecule has 1 aliphatic heterocycles. The number of likely N-dealkylation sites (N-methyl/N-ethyl adjacent to an activating group) is 1. The second kappa shape index (κ2) is 7.93. The van der Waals surface area contributed by atoms with Gasteiger partial charge in [0.05, 0.1) is 12.2 Å². The van der Waals surface area contributed by atoms with E-state index in [1.807, 2.05) is 23.4 Å². The highest BCUT2D eigenvalue weighted by atomic mass is 32.1. The topological polar surface area (TPSA) is 56.7 Å². The number of aliphatic carboxylic acids is 1. The number of benzene rings is 1. The van der Waals surface area contributed by atoms with Gasteiger partial charge >= 0.3 is 5.97 Å². The number of nitrogens with zero attached hydrogens (tertiary/aromatic N) is 3. The maximum absolute atomic E-state index is 13.9. The van der Waals surface area contributed by atoms with E-state index in [1.54, 1.807) is 12.1 Å². The van der Waals surface area contributed by atoms with Crippen LogP contribution in [0, 0.1) is 5.82 Å². The Morgan fingerprint density at radius 1 is 1.40 bits per heavy atom. The number of aromatic nitrogens is 1. The molecule has 25 heavy (non-hydrogen) atoms. The molecule has 1 aromatic heterocycles. The monoisotopic (exact) mass is 363 g/mol. The van der Waals surface area contributed by atoms with Crippen molar-refractivity contribution in [3.05, 3.63) is 35.5 Å². The number of carboxylic acid groups (broad SMARTS) is 1. The molecule has 0 bridgehead atoms. The third-order valence-electron chi connectivity index (χ3n) is 4.62. The Balaban J connectivity index is 1.67. The van der Waals surface area contributed by atoms with Crippen molar-refractivity contribution in [2.24, 2.45) is 0 Å². The first-order valence-corrected chi connectivity index (χ1v) is 9.30. The van der Waals surface area contributed by atoms with Crippen LogP contribution in [0.3, 0.4) is 0 Å². The van der Waals surface area contributed by atoms with Crippen LogP contribution < -0.4 is 4.90 Å². The summed E-state index contributed by atoms with van der Waals surface area (Å²) in [6, 6.07) is 6.95.